The molecule has 1 saturated heterocycles. The van der Waals surface area contributed by atoms with Crippen LogP contribution in [0.15, 0.2) is 12.3 Å². The monoisotopic (exact) mass is 282 g/mol. The molecular formula is C14H23ClN4. The highest BCUT2D eigenvalue weighted by Gasteiger charge is 2.17. The van der Waals surface area contributed by atoms with Crippen molar-refractivity contribution >= 4 is 17.4 Å². The number of rotatable bonds is 5. The Morgan fingerprint density at radius 1 is 1.26 bits per heavy atom. The second-order valence-corrected chi connectivity index (χ2v) is 5.24. The summed E-state index contributed by atoms with van der Waals surface area (Å²) >= 11 is 6.19. The number of hydrogen-bond acceptors (Lipinski definition) is 4. The van der Waals surface area contributed by atoms with Gasteiger partial charge in [-0.25, -0.2) is 4.98 Å². The summed E-state index contributed by atoms with van der Waals surface area (Å²) in [7, 11) is 0. The quantitative estimate of drug-likeness (QED) is 0.895. The molecule has 4 nitrogen and oxygen atoms in total. The molecule has 0 radical (unpaired) electrons. The summed E-state index contributed by atoms with van der Waals surface area (Å²) in [5.41, 5.74) is 1.13. The predicted octanol–water partition coefficient (Wildman–Crippen LogP) is 1.99. The van der Waals surface area contributed by atoms with E-state index in [1.165, 1.54) is 0 Å². The van der Waals surface area contributed by atoms with Gasteiger partial charge < -0.3 is 15.1 Å². The van der Waals surface area contributed by atoms with Crippen LogP contribution >= 0.6 is 11.6 Å². The Hall–Kier alpha value is -0.840. The average molecular weight is 283 g/mol. The van der Waals surface area contributed by atoms with Gasteiger partial charge in [0.2, 0.25) is 0 Å². The Bertz CT molecular complexity index is 402. The number of likely N-dealkylation sites (N-methyl/N-ethyl adjacent to an activating group) is 1. The predicted molar refractivity (Wildman–Crippen MR) is 81.0 cm³/mol. The van der Waals surface area contributed by atoms with Gasteiger partial charge in [-0.3, -0.25) is 0 Å². The number of aromatic nitrogens is 1. The summed E-state index contributed by atoms with van der Waals surface area (Å²) in [6, 6.07) is 2.12. The summed E-state index contributed by atoms with van der Waals surface area (Å²) in [5, 5.41) is 4.06. The Morgan fingerprint density at radius 2 is 2.00 bits per heavy atom. The molecule has 0 atom stereocenters. The third kappa shape index (κ3) is 3.81. The van der Waals surface area contributed by atoms with Gasteiger partial charge in [0, 0.05) is 38.9 Å². The van der Waals surface area contributed by atoms with Gasteiger partial charge >= 0.3 is 0 Å². The standard InChI is InChI=1S/C14H23ClN4/c1-3-16-10-12-9-14(17-11-13(12)15)19-7-5-18(4-2)6-8-19/h9,11,16H,3-8,10H2,1-2H3. The topological polar surface area (TPSA) is 31.4 Å². The first-order valence-electron chi connectivity index (χ1n) is 7.07. The molecule has 19 heavy (non-hydrogen) atoms. The molecule has 5 heteroatoms. The maximum Gasteiger partial charge on any atom is 0.128 e. The molecular weight excluding hydrogens is 260 g/mol. The molecule has 0 saturated carbocycles. The number of nitrogens with one attached hydrogen (secondary N) is 1. The Labute approximate surface area is 120 Å². The van der Waals surface area contributed by atoms with Crippen molar-refractivity contribution in [3.05, 3.63) is 22.8 Å². The van der Waals surface area contributed by atoms with Crippen LogP contribution in [0.1, 0.15) is 19.4 Å². The van der Waals surface area contributed by atoms with Crippen LogP contribution in [0, 0.1) is 0 Å². The van der Waals surface area contributed by atoms with E-state index in [9.17, 15) is 0 Å². The van der Waals surface area contributed by atoms with E-state index in [-0.39, 0.29) is 0 Å². The lowest BCUT2D eigenvalue weighted by atomic mass is 10.2. The lowest BCUT2D eigenvalue weighted by Crippen LogP contribution is -2.46. The van der Waals surface area contributed by atoms with E-state index in [1.54, 1.807) is 6.20 Å². The largest absolute Gasteiger partial charge is 0.354 e. The first-order valence-corrected chi connectivity index (χ1v) is 7.44. The Morgan fingerprint density at radius 3 is 2.63 bits per heavy atom. The molecule has 0 spiro atoms. The fourth-order valence-electron chi connectivity index (χ4n) is 2.33. The number of hydrogen-bond donors (Lipinski definition) is 1. The molecule has 1 aromatic rings. The van der Waals surface area contributed by atoms with Gasteiger partial charge in [0.1, 0.15) is 5.82 Å². The number of halogens is 1. The first kappa shape index (κ1) is 14.6. The van der Waals surface area contributed by atoms with E-state index in [1.807, 2.05) is 0 Å². The third-order valence-electron chi connectivity index (χ3n) is 3.63. The van der Waals surface area contributed by atoms with E-state index < -0.39 is 0 Å². The van der Waals surface area contributed by atoms with Gasteiger partial charge in [0.25, 0.3) is 0 Å². The minimum Gasteiger partial charge on any atom is -0.354 e. The van der Waals surface area contributed by atoms with Crippen LogP contribution in [0.2, 0.25) is 5.02 Å². The zero-order valence-electron chi connectivity index (χ0n) is 11.8. The minimum atomic E-state index is 0.747. The van der Waals surface area contributed by atoms with Gasteiger partial charge in [0.05, 0.1) is 5.02 Å². The van der Waals surface area contributed by atoms with Gasteiger partial charge in [-0.2, -0.15) is 0 Å². The van der Waals surface area contributed by atoms with Gasteiger partial charge in [0.15, 0.2) is 0 Å². The summed E-state index contributed by atoms with van der Waals surface area (Å²) in [5.74, 6) is 1.05. The number of piperazine rings is 1. The average Bonchev–Trinajstić information content (AvgIpc) is 2.46. The fourth-order valence-corrected chi connectivity index (χ4v) is 2.50. The molecule has 2 heterocycles. The lowest BCUT2D eigenvalue weighted by Gasteiger charge is -2.35. The molecule has 0 bridgehead atoms. The van der Waals surface area contributed by atoms with E-state index in [4.69, 9.17) is 11.6 Å². The fraction of sp³-hybridized carbons (Fsp3) is 0.643. The van der Waals surface area contributed by atoms with Gasteiger partial charge in [-0.1, -0.05) is 25.4 Å². The number of nitrogens with zero attached hydrogens (tertiary/aromatic N) is 3. The molecule has 1 aromatic heterocycles. The van der Waals surface area contributed by atoms with Crippen LogP contribution in [-0.4, -0.2) is 49.2 Å². The molecule has 1 N–H and O–H groups in total. The second-order valence-electron chi connectivity index (χ2n) is 4.84. The van der Waals surface area contributed by atoms with Crippen LogP contribution < -0.4 is 10.2 Å². The summed E-state index contributed by atoms with van der Waals surface area (Å²) < 4.78 is 0. The van der Waals surface area contributed by atoms with Crippen LogP contribution in [0.4, 0.5) is 5.82 Å². The molecule has 106 valence electrons. The third-order valence-corrected chi connectivity index (χ3v) is 3.97. The van der Waals surface area contributed by atoms with Crippen molar-refractivity contribution in [3.63, 3.8) is 0 Å². The molecule has 0 unspecified atom stereocenters. The highest BCUT2D eigenvalue weighted by molar-refractivity contribution is 6.31. The second kappa shape index (κ2) is 7.08. The molecule has 1 aliphatic heterocycles. The smallest absolute Gasteiger partial charge is 0.128 e. The highest BCUT2D eigenvalue weighted by atomic mass is 35.5. The van der Waals surface area contributed by atoms with Crippen molar-refractivity contribution in [1.82, 2.24) is 15.2 Å². The van der Waals surface area contributed by atoms with Crippen LogP contribution in [-0.2, 0) is 6.54 Å². The maximum atomic E-state index is 6.19. The summed E-state index contributed by atoms with van der Waals surface area (Å²) in [6.07, 6.45) is 1.77. The van der Waals surface area contributed by atoms with E-state index in [2.05, 4.69) is 40.0 Å². The zero-order chi connectivity index (χ0) is 13.7. The molecule has 0 aromatic carbocycles. The first-order chi connectivity index (χ1) is 9.24. The van der Waals surface area contributed by atoms with Gasteiger partial charge in [-0.15, -0.1) is 0 Å². The van der Waals surface area contributed by atoms with Crippen molar-refractivity contribution in [1.29, 1.82) is 0 Å². The van der Waals surface area contributed by atoms with E-state index >= 15 is 0 Å². The number of anilines is 1. The Kier molecular flexibility index (Phi) is 5.43. The molecule has 2 rings (SSSR count). The molecule has 1 fully saturated rings. The SMILES string of the molecule is CCNCc1cc(N2CCN(CC)CC2)ncc1Cl. The normalized spacial score (nSPS) is 16.9. The summed E-state index contributed by atoms with van der Waals surface area (Å²) in [6.45, 7) is 11.5. The minimum absolute atomic E-state index is 0.747. The van der Waals surface area contributed by atoms with Crippen LogP contribution in [0.3, 0.4) is 0 Å². The van der Waals surface area contributed by atoms with Crippen molar-refractivity contribution in [2.24, 2.45) is 0 Å². The van der Waals surface area contributed by atoms with Gasteiger partial charge in [-0.05, 0) is 24.7 Å². The van der Waals surface area contributed by atoms with Crippen LogP contribution in [0.5, 0.6) is 0 Å². The molecule has 0 amide bonds. The van der Waals surface area contributed by atoms with Crippen molar-refractivity contribution in [2.45, 2.75) is 20.4 Å². The maximum absolute atomic E-state index is 6.19. The molecule has 0 aliphatic carbocycles. The zero-order valence-corrected chi connectivity index (χ0v) is 12.6. The Balaban J connectivity index is 2.04. The van der Waals surface area contributed by atoms with Crippen molar-refractivity contribution < 1.29 is 0 Å². The van der Waals surface area contributed by atoms with E-state index in [0.29, 0.717) is 0 Å². The van der Waals surface area contributed by atoms with Crippen molar-refractivity contribution in [3.8, 4) is 0 Å². The number of pyridine rings is 1. The van der Waals surface area contributed by atoms with Crippen LogP contribution in [0.25, 0.3) is 0 Å². The van der Waals surface area contributed by atoms with E-state index in [0.717, 1.165) is 62.2 Å². The summed E-state index contributed by atoms with van der Waals surface area (Å²) in [4.78, 5) is 9.28. The van der Waals surface area contributed by atoms with Crippen molar-refractivity contribution in [2.75, 3.05) is 44.2 Å². The molecule has 1 aliphatic rings. The highest BCUT2D eigenvalue weighted by Crippen LogP contribution is 2.21. The lowest BCUT2D eigenvalue weighted by molar-refractivity contribution is 0.270.